The van der Waals surface area contributed by atoms with Gasteiger partial charge in [-0.1, -0.05) is 31.4 Å². The summed E-state index contributed by atoms with van der Waals surface area (Å²) in [6.45, 7) is 1.78. The number of nitrogens with one attached hydrogen (secondary N) is 2. The predicted octanol–water partition coefficient (Wildman–Crippen LogP) is 1.68. The number of ether oxygens (including phenoxy) is 1. The largest absolute Gasteiger partial charge is 0.379 e. The van der Waals surface area contributed by atoms with E-state index in [2.05, 4.69) is 10.6 Å². The van der Waals surface area contributed by atoms with Crippen LogP contribution in [0.3, 0.4) is 0 Å². The van der Waals surface area contributed by atoms with E-state index in [0.29, 0.717) is 31.9 Å². The highest BCUT2D eigenvalue weighted by Crippen LogP contribution is 2.18. The summed E-state index contributed by atoms with van der Waals surface area (Å²) in [5.41, 5.74) is 0.714. The minimum atomic E-state index is -3.53. The number of carbonyl (C=O) groups excluding carboxylic acids is 2. The number of sulfonamides is 1. The van der Waals surface area contributed by atoms with Crippen molar-refractivity contribution in [2.75, 3.05) is 32.8 Å². The van der Waals surface area contributed by atoms with E-state index in [4.69, 9.17) is 4.74 Å². The van der Waals surface area contributed by atoms with Crippen molar-refractivity contribution < 1.29 is 22.7 Å². The van der Waals surface area contributed by atoms with Crippen LogP contribution in [-0.2, 0) is 24.3 Å². The Labute approximate surface area is 184 Å². The first-order chi connectivity index (χ1) is 14.9. The van der Waals surface area contributed by atoms with E-state index in [9.17, 15) is 18.0 Å². The molecule has 3 rings (SSSR count). The van der Waals surface area contributed by atoms with E-state index in [-0.39, 0.29) is 35.7 Å². The molecule has 1 saturated carbocycles. The number of hydrogen-bond donors (Lipinski definition) is 2. The van der Waals surface area contributed by atoms with Crippen molar-refractivity contribution in [1.29, 1.82) is 0 Å². The van der Waals surface area contributed by atoms with Gasteiger partial charge in [0.2, 0.25) is 21.8 Å². The van der Waals surface area contributed by atoms with Gasteiger partial charge in [-0.25, -0.2) is 8.42 Å². The number of nitrogens with zero attached hydrogens (tertiary/aromatic N) is 1. The maximum absolute atomic E-state index is 12.6. The van der Waals surface area contributed by atoms with E-state index in [1.165, 1.54) is 28.9 Å². The molecule has 0 atom stereocenters. The number of amides is 2. The van der Waals surface area contributed by atoms with Crippen LogP contribution in [0.1, 0.15) is 44.1 Å². The van der Waals surface area contributed by atoms with E-state index in [1.54, 1.807) is 18.2 Å². The molecule has 2 amide bonds. The SMILES string of the molecule is O=C(/C=C/c1ccc(S(=O)(=O)N2CCOCC2)cc1)NCCC(=O)NC1CCCCC1. The molecule has 1 aliphatic carbocycles. The Morgan fingerprint density at radius 2 is 1.74 bits per heavy atom. The fourth-order valence-electron chi connectivity index (χ4n) is 3.76. The van der Waals surface area contributed by atoms with Crippen LogP contribution >= 0.6 is 0 Å². The number of carbonyl (C=O) groups is 2. The maximum atomic E-state index is 12.6. The lowest BCUT2D eigenvalue weighted by Gasteiger charge is -2.26. The Hall–Kier alpha value is -2.23. The van der Waals surface area contributed by atoms with Gasteiger partial charge < -0.3 is 15.4 Å². The second-order valence-corrected chi connectivity index (χ2v) is 9.80. The molecule has 2 aliphatic rings. The van der Waals surface area contributed by atoms with E-state index in [0.717, 1.165) is 25.7 Å². The minimum Gasteiger partial charge on any atom is -0.379 e. The first-order valence-electron chi connectivity index (χ1n) is 10.9. The Bertz CT molecular complexity index is 871. The van der Waals surface area contributed by atoms with Gasteiger partial charge in [-0.3, -0.25) is 9.59 Å². The molecular weight excluding hydrogens is 418 g/mol. The average molecular weight is 450 g/mol. The summed E-state index contributed by atoms with van der Waals surface area (Å²) in [5, 5.41) is 5.72. The molecule has 0 bridgehead atoms. The molecule has 1 heterocycles. The molecule has 2 fully saturated rings. The summed E-state index contributed by atoms with van der Waals surface area (Å²) >= 11 is 0. The van der Waals surface area contributed by atoms with Gasteiger partial charge in [0.15, 0.2) is 0 Å². The van der Waals surface area contributed by atoms with Crippen LogP contribution in [-0.4, -0.2) is 63.4 Å². The van der Waals surface area contributed by atoms with Gasteiger partial charge in [0, 0.05) is 38.2 Å². The number of hydrogen-bond acceptors (Lipinski definition) is 5. The average Bonchev–Trinajstić information content (AvgIpc) is 2.79. The topological polar surface area (TPSA) is 105 Å². The summed E-state index contributed by atoms with van der Waals surface area (Å²) in [4.78, 5) is 24.2. The van der Waals surface area contributed by atoms with Crippen molar-refractivity contribution >= 4 is 27.9 Å². The van der Waals surface area contributed by atoms with Crippen molar-refractivity contribution in [3.63, 3.8) is 0 Å². The highest BCUT2D eigenvalue weighted by atomic mass is 32.2. The van der Waals surface area contributed by atoms with Gasteiger partial charge in [0.25, 0.3) is 0 Å². The van der Waals surface area contributed by atoms with Crippen LogP contribution in [0.4, 0.5) is 0 Å². The van der Waals surface area contributed by atoms with Gasteiger partial charge in [-0.05, 0) is 36.6 Å². The molecule has 0 aromatic heterocycles. The van der Waals surface area contributed by atoms with E-state index >= 15 is 0 Å². The lowest BCUT2D eigenvalue weighted by atomic mass is 9.95. The monoisotopic (exact) mass is 449 g/mol. The number of morpholine rings is 1. The Morgan fingerprint density at radius 3 is 2.42 bits per heavy atom. The maximum Gasteiger partial charge on any atom is 0.244 e. The van der Waals surface area contributed by atoms with Crippen LogP contribution in [0.2, 0.25) is 0 Å². The third-order valence-corrected chi connectivity index (χ3v) is 7.45. The normalized spacial score (nSPS) is 18.7. The predicted molar refractivity (Wildman–Crippen MR) is 118 cm³/mol. The molecular formula is C22H31N3O5S. The molecule has 170 valence electrons. The molecule has 1 aromatic rings. The summed E-state index contributed by atoms with van der Waals surface area (Å²) in [7, 11) is -3.53. The van der Waals surface area contributed by atoms with Crippen LogP contribution in [0.25, 0.3) is 6.08 Å². The molecule has 9 heteroatoms. The second kappa shape index (κ2) is 11.4. The van der Waals surface area contributed by atoms with Gasteiger partial charge in [-0.15, -0.1) is 0 Å². The third-order valence-electron chi connectivity index (χ3n) is 5.54. The zero-order valence-corrected chi connectivity index (χ0v) is 18.5. The fraction of sp³-hybridized carbons (Fsp3) is 0.545. The molecule has 8 nitrogen and oxygen atoms in total. The molecule has 1 saturated heterocycles. The zero-order chi connectivity index (χ0) is 22.1. The smallest absolute Gasteiger partial charge is 0.244 e. The molecule has 1 aromatic carbocycles. The van der Waals surface area contributed by atoms with Crippen molar-refractivity contribution in [3.8, 4) is 0 Å². The summed E-state index contributed by atoms with van der Waals surface area (Å²) in [5.74, 6) is -0.330. The third kappa shape index (κ3) is 7.15. The molecule has 0 unspecified atom stereocenters. The summed E-state index contributed by atoms with van der Waals surface area (Å²) in [6, 6.07) is 6.67. The molecule has 0 radical (unpaired) electrons. The van der Waals surface area contributed by atoms with Crippen LogP contribution < -0.4 is 10.6 Å². The lowest BCUT2D eigenvalue weighted by Crippen LogP contribution is -2.40. The second-order valence-electron chi connectivity index (χ2n) is 7.86. The highest BCUT2D eigenvalue weighted by Gasteiger charge is 2.26. The minimum absolute atomic E-state index is 0.0340. The summed E-state index contributed by atoms with van der Waals surface area (Å²) in [6.07, 6.45) is 8.87. The van der Waals surface area contributed by atoms with E-state index < -0.39 is 10.0 Å². The summed E-state index contributed by atoms with van der Waals surface area (Å²) < 4.78 is 31.9. The molecule has 0 spiro atoms. The number of rotatable bonds is 8. The first-order valence-corrected chi connectivity index (χ1v) is 12.3. The van der Waals surface area contributed by atoms with Crippen molar-refractivity contribution in [2.45, 2.75) is 49.5 Å². The molecule has 2 N–H and O–H groups in total. The van der Waals surface area contributed by atoms with Gasteiger partial charge in [0.05, 0.1) is 18.1 Å². The quantitative estimate of drug-likeness (QED) is 0.588. The Kier molecular flexibility index (Phi) is 8.62. The number of benzene rings is 1. The standard InChI is InChI=1S/C22H31N3O5S/c26-21(23-13-12-22(27)24-19-4-2-1-3-5-19)11-8-18-6-9-20(10-7-18)31(28,29)25-14-16-30-17-15-25/h6-11,19H,1-5,12-17H2,(H,23,26)(H,24,27)/b11-8+. The van der Waals surface area contributed by atoms with Crippen molar-refractivity contribution in [3.05, 3.63) is 35.9 Å². The van der Waals surface area contributed by atoms with Crippen molar-refractivity contribution in [2.24, 2.45) is 0 Å². The fourth-order valence-corrected chi connectivity index (χ4v) is 5.17. The first kappa shape index (κ1) is 23.4. The van der Waals surface area contributed by atoms with Crippen LogP contribution in [0.15, 0.2) is 35.2 Å². The lowest BCUT2D eigenvalue weighted by molar-refractivity contribution is -0.122. The van der Waals surface area contributed by atoms with Crippen molar-refractivity contribution in [1.82, 2.24) is 14.9 Å². The Balaban J connectivity index is 1.42. The van der Waals surface area contributed by atoms with Gasteiger partial charge in [0.1, 0.15) is 0 Å². The molecule has 31 heavy (non-hydrogen) atoms. The Morgan fingerprint density at radius 1 is 1.06 bits per heavy atom. The van der Waals surface area contributed by atoms with Crippen LogP contribution in [0, 0.1) is 0 Å². The van der Waals surface area contributed by atoms with Gasteiger partial charge >= 0.3 is 0 Å². The molecule has 1 aliphatic heterocycles. The zero-order valence-electron chi connectivity index (χ0n) is 17.7. The van der Waals surface area contributed by atoms with Crippen LogP contribution in [0.5, 0.6) is 0 Å². The van der Waals surface area contributed by atoms with E-state index in [1.807, 2.05) is 0 Å². The van der Waals surface area contributed by atoms with Gasteiger partial charge in [-0.2, -0.15) is 4.31 Å². The highest BCUT2D eigenvalue weighted by molar-refractivity contribution is 7.89.